The highest BCUT2D eigenvalue weighted by atomic mass is 79.9. The van der Waals surface area contributed by atoms with E-state index in [0.29, 0.717) is 18.8 Å². The summed E-state index contributed by atoms with van der Waals surface area (Å²) in [4.78, 5) is 12.7. The van der Waals surface area contributed by atoms with E-state index in [1.165, 1.54) is 22.5 Å². The van der Waals surface area contributed by atoms with Crippen LogP contribution in [0.1, 0.15) is 28.8 Å². The molecule has 0 radical (unpaired) electrons. The lowest BCUT2D eigenvalue weighted by Gasteiger charge is -2.16. The lowest BCUT2D eigenvalue weighted by atomic mass is 10.2. The Hall–Kier alpha value is -1.41. The van der Waals surface area contributed by atoms with Crippen LogP contribution in [0.5, 0.6) is 0 Å². The topological polar surface area (TPSA) is 66.5 Å². The summed E-state index contributed by atoms with van der Waals surface area (Å²) >= 11 is 9.56. The van der Waals surface area contributed by atoms with Crippen LogP contribution in [0.3, 0.4) is 0 Å². The zero-order valence-electron chi connectivity index (χ0n) is 14.1. The molecule has 1 saturated heterocycles. The van der Waals surface area contributed by atoms with Crippen LogP contribution in [0, 0.1) is 6.92 Å². The number of halogens is 2. The molecule has 8 heteroatoms. The van der Waals surface area contributed by atoms with Crippen LogP contribution >= 0.6 is 27.5 Å². The zero-order chi connectivity index (χ0) is 18.9. The van der Waals surface area contributed by atoms with E-state index >= 15 is 0 Å². The SMILES string of the molecule is Cc1cc(NC(=O)c2cc(S(=O)(=O)N3CCCC3)ccc2Cl)ccc1Br. The van der Waals surface area contributed by atoms with Gasteiger partial charge in [0.15, 0.2) is 0 Å². The monoisotopic (exact) mass is 456 g/mol. The molecule has 0 aliphatic carbocycles. The van der Waals surface area contributed by atoms with Crippen LogP contribution in [-0.2, 0) is 10.0 Å². The minimum absolute atomic E-state index is 0.0842. The van der Waals surface area contributed by atoms with Crippen LogP contribution < -0.4 is 5.32 Å². The summed E-state index contributed by atoms with van der Waals surface area (Å²) < 4.78 is 27.8. The van der Waals surface area contributed by atoms with E-state index in [-0.39, 0.29) is 15.5 Å². The number of carbonyl (C=O) groups is 1. The Balaban J connectivity index is 1.89. The number of hydrogen-bond donors (Lipinski definition) is 1. The molecule has 0 saturated carbocycles. The third-order valence-corrected chi connectivity index (χ3v) is 7.42. The molecule has 1 aliphatic rings. The predicted octanol–water partition coefficient (Wildman–Crippen LogP) is 4.45. The Morgan fingerprint density at radius 1 is 1.15 bits per heavy atom. The molecule has 2 aromatic carbocycles. The van der Waals surface area contributed by atoms with Gasteiger partial charge in [-0.3, -0.25) is 4.79 Å². The zero-order valence-corrected chi connectivity index (χ0v) is 17.3. The fourth-order valence-corrected chi connectivity index (χ4v) is 4.83. The number of anilines is 1. The molecule has 1 aliphatic heterocycles. The van der Waals surface area contributed by atoms with Crippen LogP contribution in [0.2, 0.25) is 5.02 Å². The van der Waals surface area contributed by atoms with Gasteiger partial charge in [0.2, 0.25) is 10.0 Å². The molecule has 1 heterocycles. The molecular formula is C18H18BrClN2O3S. The van der Waals surface area contributed by atoms with Gasteiger partial charge in [0.05, 0.1) is 15.5 Å². The molecule has 1 amide bonds. The summed E-state index contributed by atoms with van der Waals surface area (Å²) in [5.74, 6) is -0.449. The molecule has 5 nitrogen and oxygen atoms in total. The van der Waals surface area contributed by atoms with Crippen LogP contribution in [0.4, 0.5) is 5.69 Å². The first-order valence-corrected chi connectivity index (χ1v) is 10.8. The first-order chi connectivity index (χ1) is 12.3. The van der Waals surface area contributed by atoms with Gasteiger partial charge in [0.25, 0.3) is 5.91 Å². The van der Waals surface area contributed by atoms with E-state index < -0.39 is 15.9 Å². The molecule has 26 heavy (non-hydrogen) atoms. The van der Waals surface area contributed by atoms with Crippen molar-refractivity contribution in [3.8, 4) is 0 Å². The molecule has 138 valence electrons. The highest BCUT2D eigenvalue weighted by Gasteiger charge is 2.28. The summed E-state index contributed by atoms with van der Waals surface area (Å²) in [7, 11) is -3.61. The van der Waals surface area contributed by atoms with Crippen molar-refractivity contribution in [3.05, 3.63) is 57.0 Å². The first-order valence-electron chi connectivity index (χ1n) is 8.16. The van der Waals surface area contributed by atoms with Crippen molar-refractivity contribution in [2.45, 2.75) is 24.7 Å². The molecule has 0 bridgehead atoms. The van der Waals surface area contributed by atoms with Crippen molar-refractivity contribution in [2.24, 2.45) is 0 Å². The maximum atomic E-state index is 12.7. The third kappa shape index (κ3) is 3.96. The summed E-state index contributed by atoms with van der Waals surface area (Å²) in [6, 6.07) is 9.65. The van der Waals surface area contributed by atoms with Crippen molar-refractivity contribution in [1.82, 2.24) is 4.31 Å². The first kappa shape index (κ1) is 19.4. The van der Waals surface area contributed by atoms with Gasteiger partial charge in [0, 0.05) is 23.2 Å². The lowest BCUT2D eigenvalue weighted by molar-refractivity contribution is 0.102. The number of rotatable bonds is 4. The molecule has 2 aromatic rings. The van der Waals surface area contributed by atoms with E-state index in [4.69, 9.17) is 11.6 Å². The van der Waals surface area contributed by atoms with Gasteiger partial charge < -0.3 is 5.32 Å². The Morgan fingerprint density at radius 2 is 1.85 bits per heavy atom. The van der Waals surface area contributed by atoms with E-state index in [1.807, 2.05) is 19.1 Å². The van der Waals surface area contributed by atoms with Crippen molar-refractivity contribution >= 4 is 49.1 Å². The summed E-state index contributed by atoms with van der Waals surface area (Å²) in [6.07, 6.45) is 1.70. The molecule has 0 unspecified atom stereocenters. The van der Waals surface area contributed by atoms with E-state index in [9.17, 15) is 13.2 Å². The number of amides is 1. The van der Waals surface area contributed by atoms with Gasteiger partial charge >= 0.3 is 0 Å². The standard InChI is InChI=1S/C18H18BrClN2O3S/c1-12-10-13(4-6-16(12)19)21-18(23)15-11-14(5-7-17(15)20)26(24,25)22-8-2-3-9-22/h4-7,10-11H,2-3,8-9H2,1H3,(H,21,23). The van der Waals surface area contributed by atoms with Crippen LogP contribution in [0.15, 0.2) is 45.8 Å². The number of sulfonamides is 1. The largest absolute Gasteiger partial charge is 0.322 e. The maximum Gasteiger partial charge on any atom is 0.257 e. The van der Waals surface area contributed by atoms with Gasteiger partial charge in [-0.15, -0.1) is 0 Å². The molecule has 0 atom stereocenters. The second-order valence-corrected chi connectivity index (χ2v) is 9.37. The fraction of sp³-hybridized carbons (Fsp3) is 0.278. The van der Waals surface area contributed by atoms with Crippen molar-refractivity contribution in [1.29, 1.82) is 0 Å². The van der Waals surface area contributed by atoms with Gasteiger partial charge in [0.1, 0.15) is 0 Å². The summed E-state index contributed by atoms with van der Waals surface area (Å²) in [5, 5.41) is 2.97. The van der Waals surface area contributed by atoms with E-state index in [1.54, 1.807) is 6.07 Å². The second kappa shape index (κ2) is 7.68. The Morgan fingerprint density at radius 3 is 2.50 bits per heavy atom. The van der Waals surface area contributed by atoms with Crippen molar-refractivity contribution < 1.29 is 13.2 Å². The number of nitrogens with zero attached hydrogens (tertiary/aromatic N) is 1. The highest BCUT2D eigenvalue weighted by Crippen LogP contribution is 2.26. The number of aryl methyl sites for hydroxylation is 1. The van der Waals surface area contributed by atoms with Gasteiger partial charge in [-0.1, -0.05) is 27.5 Å². The van der Waals surface area contributed by atoms with E-state index in [0.717, 1.165) is 22.9 Å². The van der Waals surface area contributed by atoms with Gasteiger partial charge in [-0.25, -0.2) is 8.42 Å². The third-order valence-electron chi connectivity index (χ3n) is 4.30. The Bertz CT molecular complexity index is 957. The minimum Gasteiger partial charge on any atom is -0.322 e. The molecule has 1 N–H and O–H groups in total. The number of carbonyl (C=O) groups excluding carboxylic acids is 1. The molecule has 3 rings (SSSR count). The highest BCUT2D eigenvalue weighted by molar-refractivity contribution is 9.10. The molecule has 0 aromatic heterocycles. The lowest BCUT2D eigenvalue weighted by Crippen LogP contribution is -2.28. The average Bonchev–Trinajstić information content (AvgIpc) is 3.13. The summed E-state index contributed by atoms with van der Waals surface area (Å²) in [6.45, 7) is 2.92. The van der Waals surface area contributed by atoms with Gasteiger partial charge in [-0.05, 0) is 61.7 Å². The number of benzene rings is 2. The maximum absolute atomic E-state index is 12.7. The molecular weight excluding hydrogens is 440 g/mol. The minimum atomic E-state index is -3.61. The Kier molecular flexibility index (Phi) is 5.72. The smallest absolute Gasteiger partial charge is 0.257 e. The fourth-order valence-electron chi connectivity index (χ4n) is 2.84. The number of nitrogens with one attached hydrogen (secondary N) is 1. The van der Waals surface area contributed by atoms with Crippen molar-refractivity contribution in [2.75, 3.05) is 18.4 Å². The number of hydrogen-bond acceptors (Lipinski definition) is 3. The van der Waals surface area contributed by atoms with Crippen molar-refractivity contribution in [3.63, 3.8) is 0 Å². The quantitative estimate of drug-likeness (QED) is 0.738. The van der Waals surface area contributed by atoms with Gasteiger partial charge in [-0.2, -0.15) is 4.31 Å². The average molecular weight is 458 g/mol. The van der Waals surface area contributed by atoms with Crippen LogP contribution in [-0.4, -0.2) is 31.7 Å². The normalized spacial score (nSPS) is 15.2. The summed E-state index contributed by atoms with van der Waals surface area (Å²) in [5.41, 5.74) is 1.71. The Labute approximate surface area is 166 Å². The van der Waals surface area contributed by atoms with E-state index in [2.05, 4.69) is 21.2 Å². The predicted molar refractivity (Wildman–Crippen MR) is 106 cm³/mol. The molecule has 0 spiro atoms. The van der Waals surface area contributed by atoms with Crippen LogP contribution in [0.25, 0.3) is 0 Å². The second-order valence-electron chi connectivity index (χ2n) is 6.17. The molecule has 1 fully saturated rings.